The van der Waals surface area contributed by atoms with Crippen LogP contribution in [-0.4, -0.2) is 22.2 Å². The van der Waals surface area contributed by atoms with Gasteiger partial charge in [0, 0.05) is 6.54 Å². The number of hydrogen-bond donors (Lipinski definition) is 0. The van der Waals surface area contributed by atoms with E-state index in [0.717, 1.165) is 21.6 Å². The predicted molar refractivity (Wildman–Crippen MR) is 114 cm³/mol. The van der Waals surface area contributed by atoms with Crippen LogP contribution in [0.25, 0.3) is 0 Å². The molecule has 28 heavy (non-hydrogen) atoms. The third-order valence-corrected chi connectivity index (χ3v) is 7.14. The number of para-hydroxylation sites is 1. The third-order valence-electron chi connectivity index (χ3n) is 5.69. The third kappa shape index (κ3) is 3.04. The summed E-state index contributed by atoms with van der Waals surface area (Å²) in [6.45, 7) is 8.68. The number of urea groups is 1. The maximum atomic E-state index is 13.5. The van der Waals surface area contributed by atoms with E-state index >= 15 is 0 Å². The summed E-state index contributed by atoms with van der Waals surface area (Å²) >= 11 is 1.64. The molecule has 1 saturated heterocycles. The van der Waals surface area contributed by atoms with Gasteiger partial charge < -0.3 is 4.90 Å². The largest absolute Gasteiger partial charge is 0.332 e. The quantitative estimate of drug-likeness (QED) is 0.716. The van der Waals surface area contributed by atoms with Crippen molar-refractivity contribution in [2.45, 2.75) is 39.6 Å². The van der Waals surface area contributed by atoms with E-state index in [1.807, 2.05) is 49.1 Å². The fourth-order valence-corrected chi connectivity index (χ4v) is 5.35. The van der Waals surface area contributed by atoms with E-state index < -0.39 is 0 Å². The second kappa shape index (κ2) is 7.13. The second-order valence-electron chi connectivity index (χ2n) is 7.57. The van der Waals surface area contributed by atoms with Gasteiger partial charge in [0.15, 0.2) is 0 Å². The molecular formula is C23H24N2O2S. The number of thioether (sulfide) groups is 1. The molecule has 2 unspecified atom stereocenters. The Morgan fingerprint density at radius 1 is 0.964 bits per heavy atom. The lowest BCUT2D eigenvalue weighted by atomic mass is 9.94. The van der Waals surface area contributed by atoms with Crippen molar-refractivity contribution in [3.8, 4) is 0 Å². The van der Waals surface area contributed by atoms with E-state index in [4.69, 9.17) is 0 Å². The fraction of sp³-hybridized carbons (Fsp3) is 0.304. The van der Waals surface area contributed by atoms with Gasteiger partial charge in [0.2, 0.25) is 5.91 Å². The number of aryl methyl sites for hydroxylation is 2. The molecule has 144 valence electrons. The van der Waals surface area contributed by atoms with Crippen LogP contribution < -0.4 is 4.90 Å². The zero-order chi connectivity index (χ0) is 20.0. The lowest BCUT2D eigenvalue weighted by Gasteiger charge is -2.42. The Kier molecular flexibility index (Phi) is 4.79. The Bertz CT molecular complexity index is 983. The van der Waals surface area contributed by atoms with Crippen LogP contribution in [0.4, 0.5) is 10.5 Å². The molecule has 4 nitrogen and oxygen atoms in total. The number of nitrogens with zero attached hydrogens (tertiary/aromatic N) is 2. The molecule has 2 aromatic rings. The standard InChI is InChI=1S/C23H24N2O2S/c1-14-10-11-15(2)18(12-14)13-24-22-20(16(3)17(4)28-22)21(26)25(23(24)27)19-8-6-5-7-9-19/h5-12,20,22H,13H2,1-4H3. The van der Waals surface area contributed by atoms with E-state index in [1.165, 1.54) is 10.5 Å². The topological polar surface area (TPSA) is 40.6 Å². The van der Waals surface area contributed by atoms with Gasteiger partial charge in [-0.2, -0.15) is 0 Å². The summed E-state index contributed by atoms with van der Waals surface area (Å²) in [7, 11) is 0. The summed E-state index contributed by atoms with van der Waals surface area (Å²) in [6.07, 6.45) is 0. The molecule has 2 aromatic carbocycles. The average Bonchev–Trinajstić information content (AvgIpc) is 2.97. The smallest absolute Gasteiger partial charge is 0.306 e. The minimum absolute atomic E-state index is 0.125. The van der Waals surface area contributed by atoms with Crippen molar-refractivity contribution in [3.05, 3.63) is 75.7 Å². The zero-order valence-electron chi connectivity index (χ0n) is 16.6. The predicted octanol–water partition coefficient (Wildman–Crippen LogP) is 5.26. The Labute approximate surface area is 170 Å². The van der Waals surface area contributed by atoms with Crippen LogP contribution >= 0.6 is 11.8 Å². The van der Waals surface area contributed by atoms with Gasteiger partial charge in [0.1, 0.15) is 0 Å². The first kappa shape index (κ1) is 18.8. The van der Waals surface area contributed by atoms with E-state index in [2.05, 4.69) is 32.0 Å². The highest BCUT2D eigenvalue weighted by atomic mass is 32.2. The Morgan fingerprint density at radius 2 is 1.68 bits per heavy atom. The lowest BCUT2D eigenvalue weighted by Crippen LogP contribution is -2.60. The number of imide groups is 1. The van der Waals surface area contributed by atoms with Crippen molar-refractivity contribution in [1.82, 2.24) is 4.90 Å². The SMILES string of the molecule is CC1=C(C)C2C(=O)N(c3ccccc3)C(=O)N(Cc3cc(C)ccc3C)C2S1. The van der Waals surface area contributed by atoms with Crippen LogP contribution in [0.3, 0.4) is 0 Å². The Hall–Kier alpha value is -2.53. The minimum atomic E-state index is -0.298. The normalized spacial score (nSPS) is 22.1. The number of carbonyl (C=O) groups excluding carboxylic acids is 2. The van der Waals surface area contributed by atoms with Crippen LogP contribution in [0.2, 0.25) is 0 Å². The van der Waals surface area contributed by atoms with Crippen molar-refractivity contribution in [2.24, 2.45) is 5.92 Å². The minimum Gasteiger partial charge on any atom is -0.306 e. The van der Waals surface area contributed by atoms with E-state index in [9.17, 15) is 9.59 Å². The van der Waals surface area contributed by atoms with Crippen LogP contribution in [0.1, 0.15) is 30.5 Å². The van der Waals surface area contributed by atoms with Crippen LogP contribution in [0, 0.1) is 19.8 Å². The van der Waals surface area contributed by atoms with Crippen LogP contribution in [0.5, 0.6) is 0 Å². The summed E-state index contributed by atoms with van der Waals surface area (Å²) in [6, 6.07) is 15.3. The molecule has 0 N–H and O–H groups in total. The van der Waals surface area contributed by atoms with E-state index in [-0.39, 0.29) is 23.2 Å². The molecule has 0 spiro atoms. The molecule has 2 aliphatic heterocycles. The van der Waals surface area contributed by atoms with Gasteiger partial charge in [-0.15, -0.1) is 11.8 Å². The number of benzene rings is 2. The highest BCUT2D eigenvalue weighted by Crippen LogP contribution is 2.47. The molecule has 0 radical (unpaired) electrons. The molecule has 0 aliphatic carbocycles. The van der Waals surface area contributed by atoms with Gasteiger partial charge in [-0.3, -0.25) is 4.79 Å². The molecule has 4 rings (SSSR count). The van der Waals surface area contributed by atoms with Crippen molar-refractivity contribution in [2.75, 3.05) is 4.90 Å². The molecule has 0 saturated carbocycles. The van der Waals surface area contributed by atoms with Gasteiger partial charge in [-0.25, -0.2) is 9.69 Å². The highest BCUT2D eigenvalue weighted by molar-refractivity contribution is 8.03. The Morgan fingerprint density at radius 3 is 2.39 bits per heavy atom. The number of anilines is 1. The number of rotatable bonds is 3. The second-order valence-corrected chi connectivity index (χ2v) is 8.91. The summed E-state index contributed by atoms with van der Waals surface area (Å²) in [5.74, 6) is -0.423. The molecule has 0 aromatic heterocycles. The van der Waals surface area contributed by atoms with Crippen LogP contribution in [0.15, 0.2) is 59.0 Å². The van der Waals surface area contributed by atoms with Crippen molar-refractivity contribution >= 4 is 29.4 Å². The van der Waals surface area contributed by atoms with Crippen molar-refractivity contribution in [3.63, 3.8) is 0 Å². The molecule has 2 aliphatic rings. The van der Waals surface area contributed by atoms with Gasteiger partial charge in [-0.05, 0) is 61.4 Å². The molecule has 5 heteroatoms. The number of allylic oxidation sites excluding steroid dienone is 1. The maximum absolute atomic E-state index is 13.5. The molecule has 3 amide bonds. The van der Waals surface area contributed by atoms with E-state index in [0.29, 0.717) is 12.2 Å². The summed E-state index contributed by atoms with van der Waals surface area (Å²) in [5.41, 5.74) is 5.14. The highest BCUT2D eigenvalue weighted by Gasteiger charge is 2.51. The van der Waals surface area contributed by atoms with Gasteiger partial charge in [0.05, 0.1) is 17.0 Å². The zero-order valence-corrected chi connectivity index (χ0v) is 17.4. The first-order valence-corrected chi connectivity index (χ1v) is 10.4. The molecule has 0 bridgehead atoms. The van der Waals surface area contributed by atoms with Gasteiger partial charge in [0.25, 0.3) is 0 Å². The molecule has 2 heterocycles. The maximum Gasteiger partial charge on any atom is 0.332 e. The first-order valence-electron chi connectivity index (χ1n) is 9.48. The van der Waals surface area contributed by atoms with Crippen molar-refractivity contribution < 1.29 is 9.59 Å². The van der Waals surface area contributed by atoms with Gasteiger partial charge >= 0.3 is 6.03 Å². The summed E-state index contributed by atoms with van der Waals surface area (Å²) in [5, 5.41) is -0.181. The summed E-state index contributed by atoms with van der Waals surface area (Å²) < 4.78 is 0. The molecular weight excluding hydrogens is 368 g/mol. The Balaban J connectivity index is 1.77. The monoisotopic (exact) mass is 392 g/mol. The van der Waals surface area contributed by atoms with E-state index in [1.54, 1.807) is 11.8 Å². The molecule has 1 fully saturated rings. The fourth-order valence-electron chi connectivity index (χ4n) is 3.92. The van der Waals surface area contributed by atoms with Crippen LogP contribution in [-0.2, 0) is 11.3 Å². The molecule has 2 atom stereocenters. The number of hydrogen-bond acceptors (Lipinski definition) is 3. The van der Waals surface area contributed by atoms with Gasteiger partial charge in [-0.1, -0.05) is 42.0 Å². The average molecular weight is 393 g/mol. The summed E-state index contributed by atoms with van der Waals surface area (Å²) in [4.78, 5) is 31.2. The first-order chi connectivity index (χ1) is 13.4. The number of carbonyl (C=O) groups is 2. The number of fused-ring (bicyclic) bond motifs is 1. The number of amides is 3. The lowest BCUT2D eigenvalue weighted by molar-refractivity contribution is -0.122. The van der Waals surface area contributed by atoms with Crippen molar-refractivity contribution in [1.29, 1.82) is 0 Å².